The minimum atomic E-state index is 0.738. The molecule has 0 radical (unpaired) electrons. The molecule has 100 valence electrons. The molecule has 0 atom stereocenters. The molecule has 0 fully saturated rings. The number of hydrogen-bond acceptors (Lipinski definition) is 4. The lowest BCUT2D eigenvalue weighted by atomic mass is 10.1. The quantitative estimate of drug-likeness (QED) is 0.713. The maximum atomic E-state index is 5.76. The van der Waals surface area contributed by atoms with Gasteiger partial charge in [-0.25, -0.2) is 4.98 Å². The van der Waals surface area contributed by atoms with Crippen LogP contribution in [0.5, 0.6) is 0 Å². The highest BCUT2D eigenvalue weighted by Gasteiger charge is 2.01. The van der Waals surface area contributed by atoms with E-state index in [1.165, 1.54) is 11.1 Å². The third-order valence-electron chi connectivity index (χ3n) is 3.31. The molecule has 0 amide bonds. The lowest BCUT2D eigenvalue weighted by molar-refractivity contribution is 1.08. The summed E-state index contributed by atoms with van der Waals surface area (Å²) in [6.45, 7) is 2.79. The van der Waals surface area contributed by atoms with Crippen molar-refractivity contribution >= 4 is 22.4 Å². The maximum Gasteiger partial charge on any atom is 0.126 e. The normalized spacial score (nSPS) is 10.7. The summed E-state index contributed by atoms with van der Waals surface area (Å²) in [5.41, 5.74) is 9.86. The van der Waals surface area contributed by atoms with Crippen molar-refractivity contribution in [2.75, 3.05) is 11.1 Å². The second kappa shape index (κ2) is 5.17. The van der Waals surface area contributed by atoms with E-state index < -0.39 is 0 Å². The van der Waals surface area contributed by atoms with E-state index in [4.69, 9.17) is 5.73 Å². The number of pyridine rings is 2. The molecule has 0 bridgehead atoms. The van der Waals surface area contributed by atoms with E-state index >= 15 is 0 Å². The molecule has 0 aliphatic rings. The van der Waals surface area contributed by atoms with Crippen LogP contribution in [0.1, 0.15) is 11.1 Å². The minimum absolute atomic E-state index is 0.738. The third-order valence-corrected chi connectivity index (χ3v) is 3.31. The van der Waals surface area contributed by atoms with Crippen LogP contribution in [0, 0.1) is 6.92 Å². The molecule has 0 spiro atoms. The van der Waals surface area contributed by atoms with E-state index in [9.17, 15) is 0 Å². The van der Waals surface area contributed by atoms with Gasteiger partial charge in [0.25, 0.3) is 0 Å². The van der Waals surface area contributed by atoms with Gasteiger partial charge in [-0.1, -0.05) is 0 Å². The van der Waals surface area contributed by atoms with Gasteiger partial charge in [0.15, 0.2) is 0 Å². The molecular weight excluding hydrogens is 248 g/mol. The molecule has 1 aromatic carbocycles. The maximum absolute atomic E-state index is 5.76. The molecule has 20 heavy (non-hydrogen) atoms. The Morgan fingerprint density at radius 1 is 1.15 bits per heavy atom. The van der Waals surface area contributed by atoms with Gasteiger partial charge in [-0.15, -0.1) is 0 Å². The molecule has 3 N–H and O–H groups in total. The van der Waals surface area contributed by atoms with Gasteiger partial charge >= 0.3 is 0 Å². The number of benzene rings is 1. The Morgan fingerprint density at radius 2 is 2.05 bits per heavy atom. The Morgan fingerprint density at radius 3 is 2.90 bits per heavy atom. The van der Waals surface area contributed by atoms with E-state index in [0.717, 1.165) is 29.0 Å². The van der Waals surface area contributed by atoms with Crippen molar-refractivity contribution in [1.82, 2.24) is 9.97 Å². The van der Waals surface area contributed by atoms with Crippen molar-refractivity contribution < 1.29 is 0 Å². The monoisotopic (exact) mass is 264 g/mol. The number of aromatic nitrogens is 2. The van der Waals surface area contributed by atoms with Crippen molar-refractivity contribution in [1.29, 1.82) is 0 Å². The van der Waals surface area contributed by atoms with Crippen molar-refractivity contribution in [2.24, 2.45) is 0 Å². The van der Waals surface area contributed by atoms with Crippen LogP contribution in [-0.4, -0.2) is 9.97 Å². The Kier molecular flexibility index (Phi) is 3.21. The Balaban J connectivity index is 1.81. The fourth-order valence-corrected chi connectivity index (χ4v) is 2.13. The molecule has 0 saturated heterocycles. The van der Waals surface area contributed by atoms with Gasteiger partial charge in [-0.2, -0.15) is 0 Å². The van der Waals surface area contributed by atoms with Crippen molar-refractivity contribution in [3.05, 3.63) is 59.9 Å². The van der Waals surface area contributed by atoms with Crippen LogP contribution >= 0.6 is 0 Å². The number of nitrogens with one attached hydrogen (secondary N) is 1. The molecular formula is C16H16N4. The van der Waals surface area contributed by atoms with Crippen LogP contribution in [-0.2, 0) is 6.54 Å². The van der Waals surface area contributed by atoms with Crippen LogP contribution in [0.4, 0.5) is 11.5 Å². The first-order chi connectivity index (χ1) is 9.72. The van der Waals surface area contributed by atoms with E-state index in [1.807, 2.05) is 42.6 Å². The second-order valence-electron chi connectivity index (χ2n) is 4.80. The standard InChI is InChI=1S/C16H16N4/c1-11-9-18-7-6-13(11)10-19-16-5-2-12-8-14(17)3-4-15(12)20-16/h2-9H,10,17H2,1H3,(H,19,20). The highest BCUT2D eigenvalue weighted by molar-refractivity contribution is 5.83. The molecule has 4 nitrogen and oxygen atoms in total. The lowest BCUT2D eigenvalue weighted by Crippen LogP contribution is -2.03. The van der Waals surface area contributed by atoms with Crippen molar-refractivity contribution in [2.45, 2.75) is 13.5 Å². The molecule has 0 aliphatic carbocycles. The van der Waals surface area contributed by atoms with Crippen molar-refractivity contribution in [3.63, 3.8) is 0 Å². The average Bonchev–Trinajstić information content (AvgIpc) is 2.46. The van der Waals surface area contributed by atoms with Crippen LogP contribution in [0.15, 0.2) is 48.8 Å². The van der Waals surface area contributed by atoms with E-state index in [-0.39, 0.29) is 0 Å². The number of nitrogens with zero attached hydrogens (tertiary/aromatic N) is 2. The fraction of sp³-hybridized carbons (Fsp3) is 0.125. The van der Waals surface area contributed by atoms with Crippen LogP contribution in [0.25, 0.3) is 10.9 Å². The molecule has 3 aromatic rings. The number of hydrogen-bond donors (Lipinski definition) is 2. The Bertz CT molecular complexity index is 752. The highest BCUT2D eigenvalue weighted by atomic mass is 15.0. The van der Waals surface area contributed by atoms with Gasteiger partial charge in [0, 0.05) is 30.0 Å². The Labute approximate surface area is 117 Å². The summed E-state index contributed by atoms with van der Waals surface area (Å²) in [4.78, 5) is 8.67. The van der Waals surface area contributed by atoms with Gasteiger partial charge in [-0.3, -0.25) is 4.98 Å². The second-order valence-corrected chi connectivity index (χ2v) is 4.80. The smallest absolute Gasteiger partial charge is 0.126 e. The third kappa shape index (κ3) is 2.54. The summed E-state index contributed by atoms with van der Waals surface area (Å²) in [5, 5.41) is 4.39. The largest absolute Gasteiger partial charge is 0.399 e. The van der Waals surface area contributed by atoms with Gasteiger partial charge in [0.05, 0.1) is 5.52 Å². The first kappa shape index (κ1) is 12.4. The van der Waals surface area contributed by atoms with Crippen molar-refractivity contribution in [3.8, 4) is 0 Å². The number of anilines is 2. The zero-order chi connectivity index (χ0) is 13.9. The van der Waals surface area contributed by atoms with Gasteiger partial charge in [0.2, 0.25) is 0 Å². The first-order valence-electron chi connectivity index (χ1n) is 6.52. The predicted molar refractivity (Wildman–Crippen MR) is 82.5 cm³/mol. The summed E-state index contributed by atoms with van der Waals surface area (Å²) in [5.74, 6) is 0.860. The summed E-state index contributed by atoms with van der Waals surface area (Å²) in [6.07, 6.45) is 3.67. The number of nitrogen functional groups attached to an aromatic ring is 1. The summed E-state index contributed by atoms with van der Waals surface area (Å²) in [6, 6.07) is 11.8. The van der Waals surface area contributed by atoms with E-state index in [1.54, 1.807) is 6.20 Å². The van der Waals surface area contributed by atoms with Crippen LogP contribution < -0.4 is 11.1 Å². The van der Waals surface area contributed by atoms with E-state index in [0.29, 0.717) is 0 Å². The van der Waals surface area contributed by atoms with Crippen LogP contribution in [0.3, 0.4) is 0 Å². The SMILES string of the molecule is Cc1cnccc1CNc1ccc2cc(N)ccc2n1. The molecule has 4 heteroatoms. The van der Waals surface area contributed by atoms with Gasteiger partial charge in [-0.05, 0) is 54.4 Å². The lowest BCUT2D eigenvalue weighted by Gasteiger charge is -2.09. The Hall–Kier alpha value is -2.62. The van der Waals surface area contributed by atoms with Crippen LogP contribution in [0.2, 0.25) is 0 Å². The zero-order valence-electron chi connectivity index (χ0n) is 11.3. The molecule has 2 aromatic heterocycles. The highest BCUT2D eigenvalue weighted by Crippen LogP contribution is 2.18. The number of nitrogens with two attached hydrogens (primary N) is 1. The first-order valence-corrected chi connectivity index (χ1v) is 6.52. The molecule has 0 aliphatic heterocycles. The molecule has 0 unspecified atom stereocenters. The van der Waals surface area contributed by atoms with Gasteiger partial charge < -0.3 is 11.1 Å². The number of rotatable bonds is 3. The summed E-state index contributed by atoms with van der Waals surface area (Å²) >= 11 is 0. The predicted octanol–water partition coefficient (Wildman–Crippen LogP) is 3.13. The van der Waals surface area contributed by atoms with E-state index in [2.05, 4.69) is 22.2 Å². The molecule has 2 heterocycles. The number of fused-ring (bicyclic) bond motifs is 1. The molecule has 0 saturated carbocycles. The average molecular weight is 264 g/mol. The fourth-order valence-electron chi connectivity index (χ4n) is 2.13. The summed E-state index contributed by atoms with van der Waals surface area (Å²) < 4.78 is 0. The summed E-state index contributed by atoms with van der Waals surface area (Å²) in [7, 11) is 0. The number of aryl methyl sites for hydroxylation is 1. The molecule has 3 rings (SSSR count). The van der Waals surface area contributed by atoms with Gasteiger partial charge in [0.1, 0.15) is 5.82 Å². The topological polar surface area (TPSA) is 63.8 Å². The minimum Gasteiger partial charge on any atom is -0.399 e. The zero-order valence-corrected chi connectivity index (χ0v) is 11.3.